The Morgan fingerprint density at radius 2 is 1.93 bits per heavy atom. The van der Waals surface area contributed by atoms with E-state index in [1.165, 1.54) is 6.07 Å². The Kier molecular flexibility index (Phi) is 2.46. The molecule has 0 aromatic heterocycles. The number of benzene rings is 1. The molecule has 1 aromatic rings. The summed E-state index contributed by atoms with van der Waals surface area (Å²) in [4.78, 5) is 0. The molecule has 1 fully saturated rings. The van der Waals surface area contributed by atoms with Gasteiger partial charge in [0.2, 0.25) is 0 Å². The molecule has 0 bridgehead atoms. The highest BCUT2D eigenvalue weighted by Crippen LogP contribution is 2.29. The molecule has 4 heteroatoms. The van der Waals surface area contributed by atoms with E-state index in [-0.39, 0.29) is 11.5 Å². The van der Waals surface area contributed by atoms with Crippen LogP contribution in [-0.2, 0) is 0 Å². The highest BCUT2D eigenvalue weighted by molar-refractivity contribution is 5.21. The monoisotopic (exact) mass is 201 g/mol. The fraction of sp³-hybridized carbons (Fsp3) is 0.400. The third-order valence-electron chi connectivity index (χ3n) is 2.49. The van der Waals surface area contributed by atoms with Crippen molar-refractivity contribution in [2.24, 2.45) is 5.92 Å². The van der Waals surface area contributed by atoms with Gasteiger partial charge in [-0.15, -0.1) is 0 Å². The van der Waals surface area contributed by atoms with Gasteiger partial charge in [-0.2, -0.15) is 0 Å². The zero-order valence-corrected chi connectivity index (χ0v) is 7.43. The molecule has 1 saturated heterocycles. The number of halogens is 3. The minimum atomic E-state index is -1.20. The zero-order chi connectivity index (χ0) is 10.1. The topological polar surface area (TPSA) is 12.0 Å². The summed E-state index contributed by atoms with van der Waals surface area (Å²) in [5.74, 6) is -2.04. The third kappa shape index (κ3) is 1.62. The van der Waals surface area contributed by atoms with Crippen molar-refractivity contribution in [3.63, 3.8) is 0 Å². The van der Waals surface area contributed by atoms with E-state index in [0.717, 1.165) is 12.1 Å². The summed E-state index contributed by atoms with van der Waals surface area (Å²) in [6.07, 6.45) is -1.20. The number of rotatable bonds is 2. The average Bonchev–Trinajstić information content (AvgIpc) is 2.06. The van der Waals surface area contributed by atoms with E-state index in [2.05, 4.69) is 5.32 Å². The van der Waals surface area contributed by atoms with Crippen LogP contribution in [-0.4, -0.2) is 13.1 Å². The molecule has 2 rings (SSSR count). The molecule has 1 N–H and O–H groups in total. The Hall–Kier alpha value is -1.03. The van der Waals surface area contributed by atoms with Gasteiger partial charge in [-0.1, -0.05) is 6.07 Å². The Morgan fingerprint density at radius 1 is 1.21 bits per heavy atom. The van der Waals surface area contributed by atoms with Gasteiger partial charge in [0.05, 0.1) is 0 Å². The lowest BCUT2D eigenvalue weighted by Crippen LogP contribution is -2.44. The number of hydrogen-bond donors (Lipinski definition) is 1. The summed E-state index contributed by atoms with van der Waals surface area (Å²) >= 11 is 0. The van der Waals surface area contributed by atoms with Gasteiger partial charge in [-0.05, 0) is 17.7 Å². The van der Waals surface area contributed by atoms with E-state index in [4.69, 9.17) is 0 Å². The summed E-state index contributed by atoms with van der Waals surface area (Å²) in [6, 6.07) is 3.18. The summed E-state index contributed by atoms with van der Waals surface area (Å²) < 4.78 is 38.9. The van der Waals surface area contributed by atoms with Crippen LogP contribution in [0.1, 0.15) is 11.7 Å². The van der Waals surface area contributed by atoms with Crippen LogP contribution in [0.2, 0.25) is 0 Å². The van der Waals surface area contributed by atoms with Gasteiger partial charge in [0.15, 0.2) is 11.6 Å². The highest BCUT2D eigenvalue weighted by Gasteiger charge is 2.28. The third-order valence-corrected chi connectivity index (χ3v) is 2.49. The van der Waals surface area contributed by atoms with Gasteiger partial charge >= 0.3 is 0 Å². The average molecular weight is 201 g/mol. The van der Waals surface area contributed by atoms with Crippen molar-refractivity contribution in [3.05, 3.63) is 35.4 Å². The molecule has 0 spiro atoms. The molecular weight excluding hydrogens is 191 g/mol. The van der Waals surface area contributed by atoms with Crippen molar-refractivity contribution in [3.8, 4) is 0 Å². The van der Waals surface area contributed by atoms with Crippen LogP contribution >= 0.6 is 0 Å². The molecule has 1 atom stereocenters. The second-order valence-electron chi connectivity index (χ2n) is 3.49. The molecule has 1 aliphatic heterocycles. The standard InChI is InChI=1S/C10H10F3N/c11-8-2-1-6(3-9(8)12)10(13)7-4-14-5-7/h1-3,7,10,14H,4-5H2. The van der Waals surface area contributed by atoms with E-state index < -0.39 is 17.8 Å². The normalized spacial score (nSPS) is 19.1. The first-order valence-corrected chi connectivity index (χ1v) is 4.48. The molecule has 1 unspecified atom stereocenters. The lowest BCUT2D eigenvalue weighted by molar-refractivity contribution is 0.171. The van der Waals surface area contributed by atoms with Crippen LogP contribution in [0.3, 0.4) is 0 Å². The quantitative estimate of drug-likeness (QED) is 0.773. The maximum Gasteiger partial charge on any atom is 0.159 e. The van der Waals surface area contributed by atoms with E-state index in [1.54, 1.807) is 0 Å². The minimum absolute atomic E-state index is 0.111. The lowest BCUT2D eigenvalue weighted by atomic mass is 9.92. The number of hydrogen-bond acceptors (Lipinski definition) is 1. The predicted octanol–water partition coefficient (Wildman–Crippen LogP) is 2.19. The van der Waals surface area contributed by atoms with Gasteiger partial charge in [0.25, 0.3) is 0 Å². The predicted molar refractivity (Wildman–Crippen MR) is 46.6 cm³/mol. The molecule has 0 aliphatic carbocycles. The van der Waals surface area contributed by atoms with Crippen molar-refractivity contribution < 1.29 is 13.2 Å². The van der Waals surface area contributed by atoms with E-state index in [9.17, 15) is 13.2 Å². The maximum atomic E-state index is 13.6. The SMILES string of the molecule is Fc1ccc(C(F)C2CNC2)cc1F. The number of alkyl halides is 1. The van der Waals surface area contributed by atoms with Crippen LogP contribution in [0.15, 0.2) is 18.2 Å². The molecule has 0 saturated carbocycles. The molecule has 1 heterocycles. The Morgan fingerprint density at radius 3 is 2.43 bits per heavy atom. The van der Waals surface area contributed by atoms with Gasteiger partial charge in [0, 0.05) is 19.0 Å². The first-order chi connectivity index (χ1) is 6.68. The van der Waals surface area contributed by atoms with E-state index in [0.29, 0.717) is 13.1 Å². The van der Waals surface area contributed by atoms with Crippen molar-refractivity contribution in [2.45, 2.75) is 6.17 Å². The molecule has 0 amide bonds. The van der Waals surface area contributed by atoms with Crippen molar-refractivity contribution >= 4 is 0 Å². The van der Waals surface area contributed by atoms with Crippen molar-refractivity contribution in [1.29, 1.82) is 0 Å². The largest absolute Gasteiger partial charge is 0.316 e. The Labute approximate surface area is 79.9 Å². The van der Waals surface area contributed by atoms with Gasteiger partial charge < -0.3 is 5.32 Å². The summed E-state index contributed by atoms with van der Waals surface area (Å²) in [6.45, 7) is 1.19. The Balaban J connectivity index is 2.18. The van der Waals surface area contributed by atoms with Gasteiger partial charge in [0.1, 0.15) is 6.17 Å². The maximum absolute atomic E-state index is 13.6. The van der Waals surface area contributed by atoms with Crippen LogP contribution in [0.25, 0.3) is 0 Å². The van der Waals surface area contributed by atoms with Crippen LogP contribution in [0, 0.1) is 17.6 Å². The molecule has 1 aromatic carbocycles. The summed E-state index contributed by atoms with van der Waals surface area (Å²) in [5, 5.41) is 2.93. The molecule has 0 radical (unpaired) electrons. The molecule has 1 nitrogen and oxygen atoms in total. The van der Waals surface area contributed by atoms with Gasteiger partial charge in [-0.25, -0.2) is 13.2 Å². The fourth-order valence-corrected chi connectivity index (χ4v) is 1.47. The first-order valence-electron chi connectivity index (χ1n) is 4.48. The lowest BCUT2D eigenvalue weighted by Gasteiger charge is -2.30. The van der Waals surface area contributed by atoms with E-state index in [1.807, 2.05) is 0 Å². The van der Waals surface area contributed by atoms with Gasteiger partial charge in [-0.3, -0.25) is 0 Å². The Bertz CT molecular complexity index is 336. The summed E-state index contributed by atoms with van der Waals surface area (Å²) in [7, 11) is 0. The highest BCUT2D eigenvalue weighted by atomic mass is 19.2. The first kappa shape index (κ1) is 9.52. The molecule has 76 valence electrons. The fourth-order valence-electron chi connectivity index (χ4n) is 1.47. The minimum Gasteiger partial charge on any atom is -0.316 e. The van der Waals surface area contributed by atoms with Crippen LogP contribution in [0.4, 0.5) is 13.2 Å². The molecule has 1 aliphatic rings. The molecular formula is C10H10F3N. The van der Waals surface area contributed by atoms with Crippen LogP contribution in [0.5, 0.6) is 0 Å². The molecule has 14 heavy (non-hydrogen) atoms. The van der Waals surface area contributed by atoms with Crippen LogP contribution < -0.4 is 5.32 Å². The summed E-state index contributed by atoms with van der Waals surface area (Å²) in [5.41, 5.74) is 0.218. The zero-order valence-electron chi connectivity index (χ0n) is 7.43. The smallest absolute Gasteiger partial charge is 0.159 e. The van der Waals surface area contributed by atoms with Crippen molar-refractivity contribution in [2.75, 3.05) is 13.1 Å². The second kappa shape index (κ2) is 3.61. The van der Waals surface area contributed by atoms with Crippen molar-refractivity contribution in [1.82, 2.24) is 5.32 Å². The number of nitrogens with one attached hydrogen (secondary N) is 1. The van der Waals surface area contributed by atoms with E-state index >= 15 is 0 Å². The second-order valence-corrected chi connectivity index (χ2v) is 3.49.